The molecule has 4 nitrogen and oxygen atoms in total. The predicted molar refractivity (Wildman–Crippen MR) is 68.8 cm³/mol. The van der Waals surface area contributed by atoms with Crippen LogP contribution in [0, 0.1) is 11.3 Å². The molecule has 1 aliphatic rings. The second-order valence-electron chi connectivity index (χ2n) is 4.49. The van der Waals surface area contributed by atoms with Crippen LogP contribution < -0.4 is 5.32 Å². The molecule has 0 bridgehead atoms. The van der Waals surface area contributed by atoms with E-state index in [1.165, 1.54) is 0 Å². The fraction of sp³-hybridized carbons (Fsp3) is 0.462. The lowest BCUT2D eigenvalue weighted by molar-refractivity contribution is 0.583. The number of aryl methyl sites for hydroxylation is 1. The van der Waals surface area contributed by atoms with Gasteiger partial charge in [0.05, 0.1) is 23.1 Å². The molecule has 0 saturated carbocycles. The molecule has 5 heteroatoms. The molecular formula is C13H16N2O2S. The van der Waals surface area contributed by atoms with Gasteiger partial charge in [-0.05, 0) is 37.1 Å². The maximum absolute atomic E-state index is 11.9. The van der Waals surface area contributed by atoms with E-state index < -0.39 is 9.84 Å². The smallest absolute Gasteiger partial charge is 0.178 e. The number of hydrogen-bond donors (Lipinski definition) is 1. The van der Waals surface area contributed by atoms with Gasteiger partial charge in [0.2, 0.25) is 0 Å². The van der Waals surface area contributed by atoms with E-state index in [-0.39, 0.29) is 11.8 Å². The SMILES string of the molecule is CNC(CC#N)c1ccc2c(c1)CCCS2(=O)=O. The average Bonchev–Trinajstić information content (AvgIpc) is 2.35. The van der Waals surface area contributed by atoms with E-state index in [1.54, 1.807) is 19.2 Å². The predicted octanol–water partition coefficient (Wildman–Crippen LogP) is 1.58. The summed E-state index contributed by atoms with van der Waals surface area (Å²) in [6.45, 7) is 0. The van der Waals surface area contributed by atoms with E-state index in [1.807, 2.05) is 6.07 Å². The Bertz CT molecular complexity index is 587. The van der Waals surface area contributed by atoms with Crippen LogP contribution in [0.1, 0.15) is 30.0 Å². The minimum absolute atomic E-state index is 0.0371. The highest BCUT2D eigenvalue weighted by atomic mass is 32.2. The van der Waals surface area contributed by atoms with Crippen LogP contribution in [-0.2, 0) is 16.3 Å². The van der Waals surface area contributed by atoms with Crippen molar-refractivity contribution in [2.45, 2.75) is 30.2 Å². The number of nitrogens with one attached hydrogen (secondary N) is 1. The first-order valence-electron chi connectivity index (χ1n) is 5.98. The zero-order valence-electron chi connectivity index (χ0n) is 10.3. The van der Waals surface area contributed by atoms with Crippen LogP contribution in [0.5, 0.6) is 0 Å². The molecule has 0 radical (unpaired) electrons. The minimum atomic E-state index is -3.09. The molecule has 0 saturated heterocycles. The first-order chi connectivity index (χ1) is 8.58. The van der Waals surface area contributed by atoms with E-state index in [9.17, 15) is 8.42 Å². The van der Waals surface area contributed by atoms with Crippen LogP contribution in [0.15, 0.2) is 23.1 Å². The van der Waals surface area contributed by atoms with Gasteiger partial charge >= 0.3 is 0 Å². The van der Waals surface area contributed by atoms with E-state index in [0.29, 0.717) is 17.7 Å². The number of benzene rings is 1. The van der Waals surface area contributed by atoms with Crippen molar-refractivity contribution in [3.8, 4) is 6.07 Å². The fourth-order valence-corrected chi connectivity index (χ4v) is 3.94. The molecule has 0 aliphatic carbocycles. The molecule has 96 valence electrons. The van der Waals surface area contributed by atoms with E-state index >= 15 is 0 Å². The highest BCUT2D eigenvalue weighted by Gasteiger charge is 2.24. The molecule has 1 aliphatic heterocycles. The molecule has 2 rings (SSSR count). The molecular weight excluding hydrogens is 248 g/mol. The summed E-state index contributed by atoms with van der Waals surface area (Å²) in [7, 11) is -1.29. The quantitative estimate of drug-likeness (QED) is 0.900. The van der Waals surface area contributed by atoms with Crippen LogP contribution in [0.25, 0.3) is 0 Å². The van der Waals surface area contributed by atoms with E-state index in [2.05, 4.69) is 11.4 Å². The summed E-state index contributed by atoms with van der Waals surface area (Å²) < 4.78 is 23.8. The topological polar surface area (TPSA) is 70.0 Å². The molecule has 0 spiro atoms. The lowest BCUT2D eigenvalue weighted by Crippen LogP contribution is -2.19. The molecule has 1 atom stereocenters. The van der Waals surface area contributed by atoms with Crippen LogP contribution in [0.3, 0.4) is 0 Å². The van der Waals surface area contributed by atoms with Crippen LogP contribution in [0.2, 0.25) is 0 Å². The first-order valence-corrected chi connectivity index (χ1v) is 7.63. The van der Waals surface area contributed by atoms with Crippen molar-refractivity contribution in [3.63, 3.8) is 0 Å². The van der Waals surface area contributed by atoms with Crippen molar-refractivity contribution in [2.24, 2.45) is 0 Å². The summed E-state index contributed by atoms with van der Waals surface area (Å²) >= 11 is 0. The van der Waals surface area contributed by atoms with Crippen molar-refractivity contribution < 1.29 is 8.42 Å². The normalized spacial score (nSPS) is 18.7. The largest absolute Gasteiger partial charge is 0.312 e. The number of fused-ring (bicyclic) bond motifs is 1. The van der Waals surface area contributed by atoms with Crippen molar-refractivity contribution in [2.75, 3.05) is 12.8 Å². The fourth-order valence-electron chi connectivity index (χ4n) is 2.36. The Morgan fingerprint density at radius 1 is 1.50 bits per heavy atom. The second-order valence-corrected chi connectivity index (χ2v) is 6.57. The van der Waals surface area contributed by atoms with Gasteiger partial charge in [0.1, 0.15) is 0 Å². The van der Waals surface area contributed by atoms with E-state index in [0.717, 1.165) is 17.5 Å². The van der Waals surface area contributed by atoms with Crippen molar-refractivity contribution >= 4 is 9.84 Å². The summed E-state index contributed by atoms with van der Waals surface area (Å²) in [5.74, 6) is 0.243. The third kappa shape index (κ3) is 2.40. The standard InChI is InChI=1S/C13H16N2O2S/c1-15-12(6-7-14)10-4-5-13-11(9-10)3-2-8-18(13,16)17/h4-5,9,12,15H,2-3,6,8H2,1H3. The summed E-state index contributed by atoms with van der Waals surface area (Å²) in [6.07, 6.45) is 1.86. The van der Waals surface area contributed by atoms with Crippen molar-refractivity contribution in [3.05, 3.63) is 29.3 Å². The molecule has 1 unspecified atom stereocenters. The lowest BCUT2D eigenvalue weighted by atomic mass is 10.00. The Morgan fingerprint density at radius 2 is 2.28 bits per heavy atom. The van der Waals surface area contributed by atoms with Gasteiger partial charge in [0, 0.05) is 6.04 Å². The Hall–Kier alpha value is -1.38. The van der Waals surface area contributed by atoms with Crippen LogP contribution in [-0.4, -0.2) is 21.2 Å². The van der Waals surface area contributed by atoms with Gasteiger partial charge < -0.3 is 5.32 Å². The molecule has 1 heterocycles. The maximum atomic E-state index is 11.9. The van der Waals surface area contributed by atoms with Crippen molar-refractivity contribution in [1.82, 2.24) is 5.32 Å². The Morgan fingerprint density at radius 3 is 2.94 bits per heavy atom. The third-order valence-electron chi connectivity index (χ3n) is 3.33. The summed E-state index contributed by atoms with van der Waals surface area (Å²) in [5.41, 5.74) is 1.87. The van der Waals surface area contributed by atoms with Gasteiger partial charge in [-0.15, -0.1) is 0 Å². The molecule has 0 fully saturated rings. The van der Waals surface area contributed by atoms with Gasteiger partial charge in [-0.25, -0.2) is 8.42 Å². The number of hydrogen-bond acceptors (Lipinski definition) is 4. The third-order valence-corrected chi connectivity index (χ3v) is 5.22. The summed E-state index contributed by atoms with van der Waals surface area (Å²) in [4.78, 5) is 0.462. The average molecular weight is 264 g/mol. The summed E-state index contributed by atoms with van der Waals surface area (Å²) in [6, 6.07) is 7.50. The second kappa shape index (κ2) is 5.09. The Kier molecular flexibility index (Phi) is 3.69. The summed E-state index contributed by atoms with van der Waals surface area (Å²) in [5, 5.41) is 11.8. The zero-order chi connectivity index (χ0) is 13.2. The Labute approximate surface area is 108 Å². The molecule has 1 aromatic carbocycles. The van der Waals surface area contributed by atoms with Gasteiger partial charge in [-0.1, -0.05) is 12.1 Å². The van der Waals surface area contributed by atoms with Crippen LogP contribution in [0.4, 0.5) is 0 Å². The molecule has 1 aromatic rings. The number of sulfone groups is 1. The first kappa shape index (κ1) is 13.1. The van der Waals surface area contributed by atoms with Gasteiger partial charge in [-0.3, -0.25) is 0 Å². The molecule has 0 amide bonds. The minimum Gasteiger partial charge on any atom is -0.312 e. The van der Waals surface area contributed by atoms with Crippen molar-refractivity contribution in [1.29, 1.82) is 5.26 Å². The molecule has 1 N–H and O–H groups in total. The van der Waals surface area contributed by atoms with Crippen LogP contribution >= 0.6 is 0 Å². The number of nitriles is 1. The number of nitrogens with zero attached hydrogens (tertiary/aromatic N) is 1. The maximum Gasteiger partial charge on any atom is 0.178 e. The van der Waals surface area contributed by atoms with E-state index in [4.69, 9.17) is 5.26 Å². The lowest BCUT2D eigenvalue weighted by Gasteiger charge is -2.20. The van der Waals surface area contributed by atoms with Gasteiger partial charge in [0.15, 0.2) is 9.84 Å². The van der Waals surface area contributed by atoms with Gasteiger partial charge in [-0.2, -0.15) is 5.26 Å². The number of rotatable bonds is 3. The van der Waals surface area contributed by atoms with Gasteiger partial charge in [0.25, 0.3) is 0 Å². The molecule has 0 aromatic heterocycles. The zero-order valence-corrected chi connectivity index (χ0v) is 11.1. The highest BCUT2D eigenvalue weighted by molar-refractivity contribution is 7.91. The molecule has 18 heavy (non-hydrogen) atoms. The highest BCUT2D eigenvalue weighted by Crippen LogP contribution is 2.28. The monoisotopic (exact) mass is 264 g/mol. The Balaban J connectivity index is 2.42.